The Balaban J connectivity index is 1.61. The Morgan fingerprint density at radius 1 is 1.36 bits per heavy atom. The van der Waals surface area contributed by atoms with E-state index in [-0.39, 0.29) is 11.8 Å². The molecular formula is C16H17N3O3. The molecule has 1 N–H and O–H groups in total. The third kappa shape index (κ3) is 3.16. The number of nitrogens with one attached hydrogen (secondary N) is 1. The average Bonchev–Trinajstić information content (AvgIpc) is 3.17. The largest absolute Gasteiger partial charge is 0.467 e. The predicted octanol–water partition coefficient (Wildman–Crippen LogP) is 1.48. The normalized spacial score (nSPS) is 17.7. The summed E-state index contributed by atoms with van der Waals surface area (Å²) in [5, 5.41) is 2.85. The molecule has 0 saturated carbocycles. The number of carbonyl (C=O) groups is 2. The number of aromatic nitrogens is 1. The van der Waals surface area contributed by atoms with Crippen molar-refractivity contribution in [2.24, 2.45) is 0 Å². The van der Waals surface area contributed by atoms with Gasteiger partial charge in [0, 0.05) is 12.6 Å². The first kappa shape index (κ1) is 14.3. The lowest BCUT2D eigenvalue weighted by Gasteiger charge is -2.23. The molecule has 1 aliphatic rings. The first-order chi connectivity index (χ1) is 10.7. The Kier molecular flexibility index (Phi) is 4.18. The van der Waals surface area contributed by atoms with Crippen LogP contribution in [-0.2, 0) is 22.7 Å². The molecule has 0 spiro atoms. The van der Waals surface area contributed by atoms with Gasteiger partial charge in [-0.2, -0.15) is 0 Å². The molecule has 2 aromatic rings. The molecule has 1 aliphatic heterocycles. The van der Waals surface area contributed by atoms with Crippen LogP contribution in [0.5, 0.6) is 0 Å². The zero-order valence-electron chi connectivity index (χ0n) is 12.1. The Morgan fingerprint density at radius 3 is 3.00 bits per heavy atom. The van der Waals surface area contributed by atoms with Crippen LogP contribution in [-0.4, -0.2) is 27.7 Å². The lowest BCUT2D eigenvalue weighted by Crippen LogP contribution is -2.44. The maximum Gasteiger partial charge on any atom is 0.243 e. The molecule has 1 saturated heterocycles. The fourth-order valence-corrected chi connectivity index (χ4v) is 2.57. The van der Waals surface area contributed by atoms with Crippen molar-refractivity contribution >= 4 is 11.8 Å². The van der Waals surface area contributed by atoms with Gasteiger partial charge in [-0.1, -0.05) is 6.07 Å². The Labute approximate surface area is 128 Å². The topological polar surface area (TPSA) is 75.4 Å². The summed E-state index contributed by atoms with van der Waals surface area (Å²) in [5.41, 5.74) is 0.790. The van der Waals surface area contributed by atoms with Crippen LogP contribution in [0.2, 0.25) is 0 Å². The van der Waals surface area contributed by atoms with E-state index in [9.17, 15) is 9.59 Å². The van der Waals surface area contributed by atoms with E-state index in [0.29, 0.717) is 31.7 Å². The zero-order chi connectivity index (χ0) is 15.4. The molecule has 0 bridgehead atoms. The second kappa shape index (κ2) is 6.43. The summed E-state index contributed by atoms with van der Waals surface area (Å²) < 4.78 is 5.27. The van der Waals surface area contributed by atoms with Gasteiger partial charge in [0.15, 0.2) is 0 Å². The van der Waals surface area contributed by atoms with E-state index in [0.717, 1.165) is 5.69 Å². The smallest absolute Gasteiger partial charge is 0.243 e. The minimum Gasteiger partial charge on any atom is -0.467 e. The third-order valence-electron chi connectivity index (χ3n) is 3.71. The minimum atomic E-state index is -0.443. The predicted molar refractivity (Wildman–Crippen MR) is 78.4 cm³/mol. The standard InChI is InChI=1S/C16H17N3O3/c20-15-7-6-14(19(15)11-13-5-3-9-22-13)16(21)18-10-12-4-1-2-8-17-12/h1-5,8-9,14H,6-7,10-11H2,(H,18,21)/t14-/m1/s1. The highest BCUT2D eigenvalue weighted by molar-refractivity contribution is 5.90. The van der Waals surface area contributed by atoms with Crippen molar-refractivity contribution < 1.29 is 14.0 Å². The number of pyridine rings is 1. The van der Waals surface area contributed by atoms with E-state index in [1.54, 1.807) is 29.5 Å². The van der Waals surface area contributed by atoms with Gasteiger partial charge in [0.2, 0.25) is 11.8 Å². The summed E-state index contributed by atoms with van der Waals surface area (Å²) in [5.74, 6) is 0.509. The number of hydrogen-bond acceptors (Lipinski definition) is 4. The van der Waals surface area contributed by atoms with Crippen LogP contribution in [0, 0.1) is 0 Å². The summed E-state index contributed by atoms with van der Waals surface area (Å²) in [6.07, 6.45) is 4.17. The van der Waals surface area contributed by atoms with Gasteiger partial charge < -0.3 is 14.6 Å². The zero-order valence-corrected chi connectivity index (χ0v) is 12.1. The number of amides is 2. The molecule has 114 valence electrons. The first-order valence-electron chi connectivity index (χ1n) is 7.23. The van der Waals surface area contributed by atoms with Crippen molar-refractivity contribution in [2.75, 3.05) is 0 Å². The molecule has 2 amide bonds. The van der Waals surface area contributed by atoms with Gasteiger partial charge in [-0.15, -0.1) is 0 Å². The SMILES string of the molecule is O=C(NCc1ccccn1)[C@H]1CCC(=O)N1Cc1ccco1. The monoisotopic (exact) mass is 299 g/mol. The van der Waals surface area contributed by atoms with E-state index in [1.807, 2.05) is 18.2 Å². The highest BCUT2D eigenvalue weighted by atomic mass is 16.3. The first-order valence-corrected chi connectivity index (χ1v) is 7.23. The van der Waals surface area contributed by atoms with Gasteiger partial charge in [-0.3, -0.25) is 14.6 Å². The van der Waals surface area contributed by atoms with E-state index < -0.39 is 6.04 Å². The number of likely N-dealkylation sites (tertiary alicyclic amines) is 1. The van der Waals surface area contributed by atoms with Crippen molar-refractivity contribution in [3.8, 4) is 0 Å². The van der Waals surface area contributed by atoms with Crippen molar-refractivity contribution in [1.29, 1.82) is 0 Å². The van der Waals surface area contributed by atoms with Crippen LogP contribution in [0.1, 0.15) is 24.3 Å². The molecular weight excluding hydrogens is 282 g/mol. The Bertz CT molecular complexity index is 640. The number of rotatable bonds is 5. The van der Waals surface area contributed by atoms with Gasteiger partial charge in [0.05, 0.1) is 25.0 Å². The van der Waals surface area contributed by atoms with Gasteiger partial charge in [-0.05, 0) is 30.7 Å². The van der Waals surface area contributed by atoms with E-state index in [2.05, 4.69) is 10.3 Å². The molecule has 3 rings (SSSR count). The summed E-state index contributed by atoms with van der Waals surface area (Å²) in [6, 6.07) is 8.67. The highest BCUT2D eigenvalue weighted by Crippen LogP contribution is 2.22. The number of hydrogen-bond donors (Lipinski definition) is 1. The van der Waals surface area contributed by atoms with Crippen molar-refractivity contribution in [1.82, 2.24) is 15.2 Å². The number of furan rings is 1. The molecule has 0 unspecified atom stereocenters. The van der Waals surface area contributed by atoms with Gasteiger partial charge >= 0.3 is 0 Å². The van der Waals surface area contributed by atoms with Crippen molar-refractivity contribution in [3.63, 3.8) is 0 Å². The van der Waals surface area contributed by atoms with Crippen LogP contribution in [0.3, 0.4) is 0 Å². The fourth-order valence-electron chi connectivity index (χ4n) is 2.57. The maximum absolute atomic E-state index is 12.3. The molecule has 3 heterocycles. The maximum atomic E-state index is 12.3. The van der Waals surface area contributed by atoms with Crippen molar-refractivity contribution in [2.45, 2.75) is 32.0 Å². The second-order valence-electron chi connectivity index (χ2n) is 5.19. The highest BCUT2D eigenvalue weighted by Gasteiger charge is 2.36. The second-order valence-corrected chi connectivity index (χ2v) is 5.19. The molecule has 2 aromatic heterocycles. The van der Waals surface area contributed by atoms with Gasteiger partial charge in [0.25, 0.3) is 0 Å². The minimum absolute atomic E-state index is 0.0191. The van der Waals surface area contributed by atoms with E-state index >= 15 is 0 Å². The van der Waals surface area contributed by atoms with E-state index in [4.69, 9.17) is 4.42 Å². The van der Waals surface area contributed by atoms with Gasteiger partial charge in [0.1, 0.15) is 11.8 Å². The van der Waals surface area contributed by atoms with Crippen LogP contribution in [0.4, 0.5) is 0 Å². The quantitative estimate of drug-likeness (QED) is 0.907. The van der Waals surface area contributed by atoms with Crippen LogP contribution < -0.4 is 5.32 Å². The summed E-state index contributed by atoms with van der Waals surface area (Å²) in [6.45, 7) is 0.687. The van der Waals surface area contributed by atoms with Crippen LogP contribution in [0.25, 0.3) is 0 Å². The molecule has 1 fully saturated rings. The molecule has 22 heavy (non-hydrogen) atoms. The molecule has 0 radical (unpaired) electrons. The van der Waals surface area contributed by atoms with Crippen LogP contribution in [0.15, 0.2) is 47.2 Å². The van der Waals surface area contributed by atoms with Gasteiger partial charge in [-0.25, -0.2) is 0 Å². The molecule has 6 heteroatoms. The Hall–Kier alpha value is -2.63. The summed E-state index contributed by atoms with van der Waals surface area (Å²) in [7, 11) is 0. The lowest BCUT2D eigenvalue weighted by atomic mass is 10.2. The van der Waals surface area contributed by atoms with E-state index in [1.165, 1.54) is 0 Å². The average molecular weight is 299 g/mol. The summed E-state index contributed by atoms with van der Waals surface area (Å²) >= 11 is 0. The lowest BCUT2D eigenvalue weighted by molar-refractivity contribution is -0.136. The molecule has 1 atom stereocenters. The Morgan fingerprint density at radius 2 is 2.27 bits per heavy atom. The molecule has 6 nitrogen and oxygen atoms in total. The van der Waals surface area contributed by atoms with Crippen molar-refractivity contribution in [3.05, 3.63) is 54.2 Å². The molecule has 0 aromatic carbocycles. The molecule has 0 aliphatic carbocycles. The van der Waals surface area contributed by atoms with Crippen LogP contribution >= 0.6 is 0 Å². The third-order valence-corrected chi connectivity index (χ3v) is 3.71. The summed E-state index contributed by atoms with van der Waals surface area (Å²) in [4.78, 5) is 30.1. The fraction of sp³-hybridized carbons (Fsp3) is 0.312. The number of nitrogens with zero attached hydrogens (tertiary/aromatic N) is 2. The number of carbonyl (C=O) groups excluding carboxylic acids is 2.